The van der Waals surface area contributed by atoms with Crippen LogP contribution >= 0.6 is 0 Å². The Morgan fingerprint density at radius 1 is 0.941 bits per heavy atom. The summed E-state index contributed by atoms with van der Waals surface area (Å²) in [6, 6.07) is 0.0814. The zero-order valence-electron chi connectivity index (χ0n) is 10.2. The predicted octanol–water partition coefficient (Wildman–Crippen LogP) is 1.94. The van der Waals surface area contributed by atoms with Gasteiger partial charge < -0.3 is 10.4 Å². The zero-order valence-corrected chi connectivity index (χ0v) is 10.2. The number of carboxylic acids is 1. The normalized spacial score (nSPS) is 30.1. The molecule has 1 amide bonds. The summed E-state index contributed by atoms with van der Waals surface area (Å²) in [6.07, 6.45) is 7.51. The van der Waals surface area contributed by atoms with Crippen LogP contribution < -0.4 is 5.32 Å². The van der Waals surface area contributed by atoms with Gasteiger partial charge in [0, 0.05) is 12.0 Å². The minimum Gasteiger partial charge on any atom is -0.481 e. The van der Waals surface area contributed by atoms with Crippen molar-refractivity contribution in [2.45, 2.75) is 57.4 Å². The zero-order chi connectivity index (χ0) is 12.3. The minimum atomic E-state index is -0.718. The molecule has 0 heterocycles. The first kappa shape index (κ1) is 12.4. The SMILES string of the molecule is O=C(O)C1CCCC(NC(=O)C2CCCC2)C1. The van der Waals surface area contributed by atoms with E-state index in [1.807, 2.05) is 0 Å². The van der Waals surface area contributed by atoms with Crippen LogP contribution in [0.2, 0.25) is 0 Å². The van der Waals surface area contributed by atoms with E-state index in [-0.39, 0.29) is 23.8 Å². The number of carboxylic acid groups (broad SMARTS) is 1. The first-order valence-electron chi connectivity index (χ1n) is 6.70. The maximum Gasteiger partial charge on any atom is 0.306 e. The molecule has 2 unspecified atom stereocenters. The summed E-state index contributed by atoms with van der Waals surface area (Å²) in [5.74, 6) is -0.652. The Bertz CT molecular complexity index is 297. The van der Waals surface area contributed by atoms with E-state index in [2.05, 4.69) is 5.32 Å². The standard InChI is InChI=1S/C13H21NO3/c15-12(9-4-1-2-5-9)14-11-7-3-6-10(8-11)13(16)17/h9-11H,1-8H2,(H,14,15)(H,16,17). The molecule has 0 bridgehead atoms. The Hall–Kier alpha value is -1.06. The van der Waals surface area contributed by atoms with E-state index in [0.717, 1.165) is 44.9 Å². The predicted molar refractivity (Wildman–Crippen MR) is 63.5 cm³/mol. The summed E-state index contributed by atoms with van der Waals surface area (Å²) in [6.45, 7) is 0. The topological polar surface area (TPSA) is 66.4 Å². The summed E-state index contributed by atoms with van der Waals surface area (Å²) in [5.41, 5.74) is 0. The van der Waals surface area contributed by atoms with Crippen molar-refractivity contribution in [3.63, 3.8) is 0 Å². The van der Waals surface area contributed by atoms with E-state index in [1.165, 1.54) is 0 Å². The second-order valence-electron chi connectivity index (χ2n) is 5.39. The van der Waals surface area contributed by atoms with Gasteiger partial charge in [0.25, 0.3) is 0 Å². The molecule has 2 aliphatic carbocycles. The van der Waals surface area contributed by atoms with Gasteiger partial charge in [0.1, 0.15) is 0 Å². The van der Waals surface area contributed by atoms with Gasteiger partial charge in [-0.3, -0.25) is 9.59 Å². The molecule has 0 aromatic carbocycles. The average Bonchev–Trinajstić information content (AvgIpc) is 2.82. The fraction of sp³-hybridized carbons (Fsp3) is 0.846. The second-order valence-corrected chi connectivity index (χ2v) is 5.39. The first-order valence-corrected chi connectivity index (χ1v) is 6.70. The van der Waals surface area contributed by atoms with E-state index in [1.54, 1.807) is 0 Å². The summed E-state index contributed by atoms with van der Waals surface area (Å²) >= 11 is 0. The van der Waals surface area contributed by atoms with Crippen molar-refractivity contribution in [3.05, 3.63) is 0 Å². The highest BCUT2D eigenvalue weighted by molar-refractivity contribution is 5.79. The van der Waals surface area contributed by atoms with Crippen molar-refractivity contribution in [1.82, 2.24) is 5.32 Å². The summed E-state index contributed by atoms with van der Waals surface area (Å²) in [4.78, 5) is 22.9. The van der Waals surface area contributed by atoms with Crippen LogP contribution in [0.4, 0.5) is 0 Å². The monoisotopic (exact) mass is 239 g/mol. The van der Waals surface area contributed by atoms with Crippen molar-refractivity contribution < 1.29 is 14.7 Å². The van der Waals surface area contributed by atoms with Gasteiger partial charge in [0.15, 0.2) is 0 Å². The van der Waals surface area contributed by atoms with Gasteiger partial charge in [0.2, 0.25) is 5.91 Å². The molecule has 17 heavy (non-hydrogen) atoms. The molecule has 2 aliphatic rings. The van der Waals surface area contributed by atoms with Crippen LogP contribution in [0.3, 0.4) is 0 Å². The third-order valence-corrected chi connectivity index (χ3v) is 4.10. The third kappa shape index (κ3) is 3.20. The van der Waals surface area contributed by atoms with Crippen LogP contribution in [-0.4, -0.2) is 23.0 Å². The maximum absolute atomic E-state index is 11.9. The van der Waals surface area contributed by atoms with Crippen molar-refractivity contribution >= 4 is 11.9 Å². The van der Waals surface area contributed by atoms with Crippen molar-refractivity contribution in [2.75, 3.05) is 0 Å². The smallest absolute Gasteiger partial charge is 0.306 e. The molecule has 4 nitrogen and oxygen atoms in total. The molecular weight excluding hydrogens is 218 g/mol. The molecular formula is C13H21NO3. The van der Waals surface area contributed by atoms with E-state index in [0.29, 0.717) is 6.42 Å². The third-order valence-electron chi connectivity index (χ3n) is 4.10. The highest BCUT2D eigenvalue weighted by atomic mass is 16.4. The van der Waals surface area contributed by atoms with E-state index >= 15 is 0 Å². The number of carbonyl (C=O) groups is 2. The molecule has 2 atom stereocenters. The lowest BCUT2D eigenvalue weighted by molar-refractivity contribution is -0.143. The number of carbonyl (C=O) groups excluding carboxylic acids is 1. The lowest BCUT2D eigenvalue weighted by atomic mass is 9.85. The number of amides is 1. The first-order chi connectivity index (χ1) is 8.16. The maximum atomic E-state index is 11.9. The quantitative estimate of drug-likeness (QED) is 0.791. The van der Waals surface area contributed by atoms with Crippen LogP contribution in [0.15, 0.2) is 0 Å². The van der Waals surface area contributed by atoms with E-state index in [9.17, 15) is 9.59 Å². The second kappa shape index (κ2) is 5.52. The van der Waals surface area contributed by atoms with Crippen molar-refractivity contribution in [2.24, 2.45) is 11.8 Å². The fourth-order valence-electron chi connectivity index (χ4n) is 3.05. The van der Waals surface area contributed by atoms with E-state index < -0.39 is 5.97 Å². The van der Waals surface area contributed by atoms with Gasteiger partial charge in [-0.25, -0.2) is 0 Å². The van der Waals surface area contributed by atoms with E-state index in [4.69, 9.17) is 5.11 Å². The number of hydrogen-bond acceptors (Lipinski definition) is 2. The molecule has 0 radical (unpaired) electrons. The Kier molecular flexibility index (Phi) is 4.02. The van der Waals surface area contributed by atoms with Crippen LogP contribution in [0.5, 0.6) is 0 Å². The molecule has 4 heteroatoms. The van der Waals surface area contributed by atoms with Gasteiger partial charge in [-0.1, -0.05) is 19.3 Å². The molecule has 96 valence electrons. The highest BCUT2D eigenvalue weighted by Crippen LogP contribution is 2.27. The number of aliphatic carboxylic acids is 1. The Balaban J connectivity index is 1.81. The Labute approximate surface area is 102 Å². The Morgan fingerprint density at radius 2 is 1.59 bits per heavy atom. The van der Waals surface area contributed by atoms with Gasteiger partial charge in [-0.15, -0.1) is 0 Å². The van der Waals surface area contributed by atoms with Gasteiger partial charge in [-0.05, 0) is 32.1 Å². The molecule has 0 spiro atoms. The number of nitrogens with one attached hydrogen (secondary N) is 1. The van der Waals surface area contributed by atoms with Crippen molar-refractivity contribution in [3.8, 4) is 0 Å². The number of rotatable bonds is 3. The van der Waals surface area contributed by atoms with Gasteiger partial charge in [0.05, 0.1) is 5.92 Å². The lowest BCUT2D eigenvalue weighted by Gasteiger charge is -2.28. The molecule has 0 aromatic heterocycles. The molecule has 2 saturated carbocycles. The molecule has 2 rings (SSSR count). The number of hydrogen-bond donors (Lipinski definition) is 2. The van der Waals surface area contributed by atoms with Gasteiger partial charge >= 0.3 is 5.97 Å². The molecule has 2 fully saturated rings. The molecule has 2 N–H and O–H groups in total. The summed E-state index contributed by atoms with van der Waals surface area (Å²) in [5, 5.41) is 12.0. The summed E-state index contributed by atoms with van der Waals surface area (Å²) < 4.78 is 0. The minimum absolute atomic E-state index is 0.0814. The van der Waals surface area contributed by atoms with Crippen LogP contribution in [0, 0.1) is 11.8 Å². The average molecular weight is 239 g/mol. The van der Waals surface area contributed by atoms with Crippen LogP contribution in [0.25, 0.3) is 0 Å². The van der Waals surface area contributed by atoms with Crippen LogP contribution in [-0.2, 0) is 9.59 Å². The molecule has 0 saturated heterocycles. The van der Waals surface area contributed by atoms with Crippen molar-refractivity contribution in [1.29, 1.82) is 0 Å². The molecule has 0 aromatic rings. The Morgan fingerprint density at radius 3 is 2.24 bits per heavy atom. The fourth-order valence-corrected chi connectivity index (χ4v) is 3.05. The highest BCUT2D eigenvalue weighted by Gasteiger charge is 2.30. The van der Waals surface area contributed by atoms with Gasteiger partial charge in [-0.2, -0.15) is 0 Å². The largest absolute Gasteiger partial charge is 0.481 e. The lowest BCUT2D eigenvalue weighted by Crippen LogP contribution is -2.42. The van der Waals surface area contributed by atoms with Crippen LogP contribution in [0.1, 0.15) is 51.4 Å². The summed E-state index contributed by atoms with van der Waals surface area (Å²) in [7, 11) is 0. The molecule has 0 aliphatic heterocycles.